The lowest BCUT2D eigenvalue weighted by molar-refractivity contribution is -0.130. The summed E-state index contributed by atoms with van der Waals surface area (Å²) in [5.41, 5.74) is 2.54. The molecule has 2 aromatic heterocycles. The Hall–Kier alpha value is -2.26. The number of ether oxygens (including phenoxy) is 1. The van der Waals surface area contributed by atoms with Crippen LogP contribution in [0.5, 0.6) is 0 Å². The van der Waals surface area contributed by atoms with Crippen molar-refractivity contribution in [2.24, 2.45) is 0 Å². The van der Waals surface area contributed by atoms with E-state index in [1.54, 1.807) is 33.4 Å². The fourth-order valence-corrected chi connectivity index (χ4v) is 3.93. The smallest absolute Gasteiger partial charge is 0.255 e. The van der Waals surface area contributed by atoms with Crippen molar-refractivity contribution in [1.82, 2.24) is 24.8 Å². The zero-order chi connectivity index (χ0) is 22.1. The van der Waals surface area contributed by atoms with Crippen LogP contribution in [0.25, 0.3) is 11.2 Å². The van der Waals surface area contributed by atoms with Crippen LogP contribution in [-0.4, -0.2) is 66.1 Å². The molecule has 3 rings (SSSR count). The number of nitrogens with one attached hydrogen (secondary N) is 1. The van der Waals surface area contributed by atoms with Crippen LogP contribution in [0.2, 0.25) is 25.7 Å². The number of fused-ring (bicyclic) bond motifs is 1. The summed E-state index contributed by atoms with van der Waals surface area (Å²) in [7, 11) is 2.16. The Morgan fingerprint density at radius 2 is 2.03 bits per heavy atom. The van der Waals surface area contributed by atoms with Crippen LogP contribution < -0.4 is 5.32 Å². The second-order valence-electron chi connectivity index (χ2n) is 9.53. The number of nitrogens with zero attached hydrogens (tertiary/aromatic N) is 4. The predicted octanol–water partition coefficient (Wildman–Crippen LogP) is 2.83. The lowest BCUT2D eigenvalue weighted by Gasteiger charge is -2.17. The second-order valence-corrected chi connectivity index (χ2v) is 15.2. The van der Waals surface area contributed by atoms with Gasteiger partial charge in [0, 0.05) is 40.9 Å². The first kappa shape index (κ1) is 22.4. The highest BCUT2D eigenvalue weighted by molar-refractivity contribution is 6.76. The summed E-state index contributed by atoms with van der Waals surface area (Å²) in [6.45, 7) is 9.61. The molecule has 1 aliphatic rings. The van der Waals surface area contributed by atoms with Gasteiger partial charge in [-0.25, -0.2) is 9.97 Å². The van der Waals surface area contributed by atoms with Crippen LogP contribution in [0.1, 0.15) is 41.7 Å². The van der Waals surface area contributed by atoms with Crippen molar-refractivity contribution in [3.05, 3.63) is 23.7 Å². The lowest BCUT2D eigenvalue weighted by Crippen LogP contribution is -2.44. The molecule has 8 nitrogen and oxygen atoms in total. The van der Waals surface area contributed by atoms with Gasteiger partial charge in [0.1, 0.15) is 18.3 Å². The van der Waals surface area contributed by atoms with Crippen LogP contribution in [-0.2, 0) is 16.3 Å². The Morgan fingerprint density at radius 3 is 2.63 bits per heavy atom. The molecule has 0 radical (unpaired) electrons. The van der Waals surface area contributed by atoms with Crippen molar-refractivity contribution in [2.45, 2.75) is 64.1 Å². The van der Waals surface area contributed by atoms with Crippen molar-refractivity contribution in [2.75, 3.05) is 20.7 Å². The molecule has 1 unspecified atom stereocenters. The molecule has 0 aliphatic heterocycles. The van der Waals surface area contributed by atoms with E-state index in [1.807, 2.05) is 4.57 Å². The molecule has 2 heterocycles. The fourth-order valence-electron chi connectivity index (χ4n) is 3.17. The molecular weight excluding hydrogens is 398 g/mol. The maximum Gasteiger partial charge on any atom is 0.255 e. The molecule has 2 aromatic rings. The highest BCUT2D eigenvalue weighted by Gasteiger charge is 2.28. The van der Waals surface area contributed by atoms with Crippen molar-refractivity contribution >= 4 is 31.1 Å². The molecule has 1 N–H and O–H groups in total. The van der Waals surface area contributed by atoms with Gasteiger partial charge in [-0.2, -0.15) is 0 Å². The summed E-state index contributed by atoms with van der Waals surface area (Å²) in [5, 5.41) is 2.79. The molecule has 1 aliphatic carbocycles. The zero-order valence-corrected chi connectivity index (χ0v) is 19.9. The Kier molecular flexibility index (Phi) is 6.61. The maximum atomic E-state index is 13.0. The molecule has 1 saturated carbocycles. The first-order valence-electron chi connectivity index (χ1n) is 10.5. The molecule has 0 aromatic carbocycles. The van der Waals surface area contributed by atoms with Gasteiger partial charge >= 0.3 is 0 Å². The average molecular weight is 432 g/mol. The van der Waals surface area contributed by atoms with Crippen molar-refractivity contribution < 1.29 is 14.3 Å². The number of aromatic nitrogens is 3. The van der Waals surface area contributed by atoms with Gasteiger partial charge in [-0.1, -0.05) is 19.6 Å². The van der Waals surface area contributed by atoms with Crippen LogP contribution in [0.3, 0.4) is 0 Å². The van der Waals surface area contributed by atoms with Crippen molar-refractivity contribution in [1.29, 1.82) is 0 Å². The Labute approximate surface area is 179 Å². The van der Waals surface area contributed by atoms with E-state index in [1.165, 1.54) is 4.90 Å². The van der Waals surface area contributed by atoms with Gasteiger partial charge in [0.2, 0.25) is 5.91 Å². The molecule has 30 heavy (non-hydrogen) atoms. The van der Waals surface area contributed by atoms with Crippen LogP contribution >= 0.6 is 0 Å². The normalized spacial score (nSPS) is 15.3. The Bertz CT molecular complexity index is 931. The number of carbonyl (C=O) groups is 2. The fraction of sp³-hybridized carbons (Fsp3) is 0.619. The summed E-state index contributed by atoms with van der Waals surface area (Å²) in [5.74, 6) is -0.0549. The molecule has 1 atom stereocenters. The van der Waals surface area contributed by atoms with E-state index in [2.05, 4.69) is 29.9 Å². The van der Waals surface area contributed by atoms with Crippen LogP contribution in [0.4, 0.5) is 0 Å². The van der Waals surface area contributed by atoms with E-state index in [-0.39, 0.29) is 11.8 Å². The number of amides is 2. The third kappa shape index (κ3) is 5.45. The molecule has 0 spiro atoms. The van der Waals surface area contributed by atoms with E-state index in [9.17, 15) is 9.59 Å². The second kappa shape index (κ2) is 8.85. The molecule has 0 saturated heterocycles. The lowest BCUT2D eigenvalue weighted by atomic mass is 10.2. The number of hydrogen-bond acceptors (Lipinski definition) is 5. The van der Waals surface area contributed by atoms with E-state index in [4.69, 9.17) is 9.72 Å². The molecular formula is C21H33N5O3Si. The topological polar surface area (TPSA) is 89.4 Å². The molecule has 2 amide bonds. The Morgan fingerprint density at radius 1 is 1.33 bits per heavy atom. The van der Waals surface area contributed by atoms with Gasteiger partial charge in [0.05, 0.1) is 17.5 Å². The molecule has 164 valence electrons. The van der Waals surface area contributed by atoms with Crippen LogP contribution in [0.15, 0.2) is 12.4 Å². The number of carbonyl (C=O) groups excluding carboxylic acids is 2. The maximum absolute atomic E-state index is 13.0. The molecule has 0 bridgehead atoms. The standard InChI is InChI=1S/C21H33N5O3Si/c1-14(21(28)25(2)3)23-20(27)16-12-26(13-29-9-10-30(4,5)6)19-18(16)24-17(11-22-19)15-7-8-15/h11-12,14-15H,7-10,13H2,1-6H3,(H,23,27). The van der Waals surface area contributed by atoms with Gasteiger partial charge in [-0.3, -0.25) is 9.59 Å². The summed E-state index contributed by atoms with van der Waals surface area (Å²) in [6, 6.07) is 0.444. The number of hydrogen-bond donors (Lipinski definition) is 1. The van der Waals surface area contributed by atoms with Gasteiger partial charge in [0.15, 0.2) is 5.65 Å². The van der Waals surface area contributed by atoms with Gasteiger partial charge < -0.3 is 19.5 Å². The third-order valence-electron chi connectivity index (χ3n) is 5.21. The highest BCUT2D eigenvalue weighted by Crippen LogP contribution is 2.39. The summed E-state index contributed by atoms with van der Waals surface area (Å²) >= 11 is 0. The first-order chi connectivity index (χ1) is 14.1. The number of likely N-dealkylation sites (N-methyl/N-ethyl adjacent to an activating group) is 1. The van der Waals surface area contributed by atoms with Crippen molar-refractivity contribution in [3.8, 4) is 0 Å². The minimum Gasteiger partial charge on any atom is -0.361 e. The summed E-state index contributed by atoms with van der Waals surface area (Å²) in [4.78, 5) is 35.9. The molecule has 9 heteroatoms. The van der Waals surface area contributed by atoms with Crippen LogP contribution in [0, 0.1) is 0 Å². The zero-order valence-electron chi connectivity index (χ0n) is 18.9. The van der Waals surface area contributed by atoms with Gasteiger partial charge in [-0.05, 0) is 25.8 Å². The minimum atomic E-state index is -1.18. The van der Waals surface area contributed by atoms with E-state index in [0.717, 1.165) is 24.6 Å². The molecule has 1 fully saturated rings. The highest BCUT2D eigenvalue weighted by atomic mass is 28.3. The monoisotopic (exact) mass is 431 g/mol. The number of rotatable bonds is 9. The third-order valence-corrected chi connectivity index (χ3v) is 6.91. The van der Waals surface area contributed by atoms with E-state index < -0.39 is 14.1 Å². The Balaban J connectivity index is 1.83. The van der Waals surface area contributed by atoms with E-state index >= 15 is 0 Å². The van der Waals surface area contributed by atoms with Gasteiger partial charge in [0.25, 0.3) is 5.91 Å². The van der Waals surface area contributed by atoms with Crippen molar-refractivity contribution in [3.63, 3.8) is 0 Å². The van der Waals surface area contributed by atoms with Gasteiger partial charge in [-0.15, -0.1) is 0 Å². The summed E-state index contributed by atoms with van der Waals surface area (Å²) in [6.07, 6.45) is 5.75. The average Bonchev–Trinajstić information content (AvgIpc) is 3.45. The summed E-state index contributed by atoms with van der Waals surface area (Å²) < 4.78 is 7.71. The largest absolute Gasteiger partial charge is 0.361 e. The minimum absolute atomic E-state index is 0.161. The van der Waals surface area contributed by atoms with E-state index in [0.29, 0.717) is 36.0 Å². The quantitative estimate of drug-likeness (QED) is 0.487. The first-order valence-corrected chi connectivity index (χ1v) is 14.2. The SMILES string of the molecule is CC(NC(=O)c1cn(COCC[Si](C)(C)C)c2ncc(C3CC3)nc12)C(=O)N(C)C. The predicted molar refractivity (Wildman–Crippen MR) is 119 cm³/mol.